The summed E-state index contributed by atoms with van der Waals surface area (Å²) in [7, 11) is 0. The molecule has 0 radical (unpaired) electrons. The van der Waals surface area contributed by atoms with Crippen LogP contribution in [0, 0.1) is 5.41 Å². The fraction of sp³-hybridized carbons (Fsp3) is 0.625. The summed E-state index contributed by atoms with van der Waals surface area (Å²) < 4.78 is 0. The first-order chi connectivity index (χ1) is 8.35. The smallest absolute Gasteiger partial charge is 0.00110 e. The number of hydrogen-bond donors (Lipinski definition) is 1. The van der Waals surface area contributed by atoms with Crippen LogP contribution in [0.25, 0.3) is 0 Å². The summed E-state index contributed by atoms with van der Waals surface area (Å²) in [6.45, 7) is 4.61. The highest BCUT2D eigenvalue weighted by molar-refractivity contribution is 5.17. The van der Waals surface area contributed by atoms with Crippen molar-refractivity contribution in [3.63, 3.8) is 0 Å². The van der Waals surface area contributed by atoms with Crippen molar-refractivity contribution >= 4 is 0 Å². The Hall–Kier alpha value is -0.820. The molecule has 0 saturated heterocycles. The van der Waals surface area contributed by atoms with Gasteiger partial charge < -0.3 is 5.32 Å². The van der Waals surface area contributed by atoms with E-state index in [0.29, 0.717) is 5.41 Å². The third-order valence-corrected chi connectivity index (χ3v) is 4.01. The Morgan fingerprint density at radius 2 is 1.82 bits per heavy atom. The van der Waals surface area contributed by atoms with Crippen LogP contribution in [0.4, 0.5) is 0 Å². The Labute approximate surface area is 106 Å². The van der Waals surface area contributed by atoms with E-state index in [9.17, 15) is 0 Å². The fourth-order valence-electron chi connectivity index (χ4n) is 3.10. The van der Waals surface area contributed by atoms with Gasteiger partial charge in [-0.1, -0.05) is 50.1 Å². The van der Waals surface area contributed by atoms with E-state index < -0.39 is 0 Å². The van der Waals surface area contributed by atoms with Crippen LogP contribution in [0.1, 0.15) is 44.6 Å². The van der Waals surface area contributed by atoms with Gasteiger partial charge in [-0.2, -0.15) is 0 Å². The normalized spacial score (nSPS) is 18.4. The second-order valence-corrected chi connectivity index (χ2v) is 5.55. The van der Waals surface area contributed by atoms with Crippen molar-refractivity contribution in [2.24, 2.45) is 5.41 Å². The molecule has 0 aromatic heterocycles. The molecule has 1 nitrogen and oxygen atoms in total. The molecule has 1 saturated carbocycles. The van der Waals surface area contributed by atoms with Gasteiger partial charge >= 0.3 is 0 Å². The summed E-state index contributed by atoms with van der Waals surface area (Å²) in [6, 6.07) is 11.0. The van der Waals surface area contributed by atoms with Crippen LogP contribution in [0.5, 0.6) is 0 Å². The number of nitrogens with one attached hydrogen (secondary N) is 1. The topological polar surface area (TPSA) is 12.0 Å². The molecule has 1 fully saturated rings. The predicted octanol–water partition coefficient (Wildman–Crippen LogP) is 3.79. The molecule has 1 aliphatic carbocycles. The molecule has 1 heteroatoms. The van der Waals surface area contributed by atoms with Gasteiger partial charge in [-0.15, -0.1) is 0 Å². The zero-order valence-corrected chi connectivity index (χ0v) is 11.0. The lowest BCUT2D eigenvalue weighted by Crippen LogP contribution is -2.34. The molecule has 0 spiro atoms. The van der Waals surface area contributed by atoms with Crippen molar-refractivity contribution in [3.8, 4) is 0 Å². The molecule has 1 aromatic carbocycles. The van der Waals surface area contributed by atoms with E-state index in [1.54, 1.807) is 0 Å². The average Bonchev–Trinajstić information content (AvgIpc) is 2.80. The highest BCUT2D eigenvalue weighted by Crippen LogP contribution is 2.40. The Balaban J connectivity index is 1.96. The van der Waals surface area contributed by atoms with E-state index in [4.69, 9.17) is 0 Å². The van der Waals surface area contributed by atoms with Crippen LogP contribution in [-0.4, -0.2) is 13.1 Å². The summed E-state index contributed by atoms with van der Waals surface area (Å²) in [4.78, 5) is 0. The number of hydrogen-bond acceptors (Lipinski definition) is 1. The molecule has 0 aliphatic heterocycles. The lowest BCUT2D eigenvalue weighted by Gasteiger charge is -2.29. The van der Waals surface area contributed by atoms with Gasteiger partial charge in [0.15, 0.2) is 0 Å². The van der Waals surface area contributed by atoms with Crippen LogP contribution < -0.4 is 5.32 Å². The maximum Gasteiger partial charge on any atom is 0.00110 e. The van der Waals surface area contributed by atoms with Gasteiger partial charge in [0.2, 0.25) is 0 Å². The Morgan fingerprint density at radius 1 is 1.12 bits per heavy atom. The molecule has 0 bridgehead atoms. The zero-order chi connectivity index (χ0) is 12.0. The van der Waals surface area contributed by atoms with Gasteiger partial charge in [-0.05, 0) is 43.2 Å². The monoisotopic (exact) mass is 231 g/mol. The van der Waals surface area contributed by atoms with E-state index in [-0.39, 0.29) is 0 Å². The molecule has 17 heavy (non-hydrogen) atoms. The second kappa shape index (κ2) is 6.20. The third-order valence-electron chi connectivity index (χ3n) is 4.01. The van der Waals surface area contributed by atoms with Crippen molar-refractivity contribution in [1.82, 2.24) is 5.32 Å². The maximum atomic E-state index is 3.64. The van der Waals surface area contributed by atoms with Gasteiger partial charge in [-0.3, -0.25) is 0 Å². The van der Waals surface area contributed by atoms with Crippen molar-refractivity contribution in [3.05, 3.63) is 35.9 Å². The second-order valence-electron chi connectivity index (χ2n) is 5.55. The van der Waals surface area contributed by atoms with E-state index >= 15 is 0 Å². The van der Waals surface area contributed by atoms with Crippen molar-refractivity contribution in [2.75, 3.05) is 13.1 Å². The number of rotatable bonds is 6. The summed E-state index contributed by atoms with van der Waals surface area (Å²) in [5.74, 6) is 0. The molecule has 0 unspecified atom stereocenters. The highest BCUT2D eigenvalue weighted by atomic mass is 14.9. The maximum absolute atomic E-state index is 3.64. The van der Waals surface area contributed by atoms with Crippen LogP contribution in [0.2, 0.25) is 0 Å². The summed E-state index contributed by atoms with van der Waals surface area (Å²) in [5.41, 5.74) is 2.05. The standard InChI is InChI=1S/C16H25N/c1-2-12-17-14-16(10-6-7-11-16)13-15-8-4-3-5-9-15/h3-5,8-9,17H,2,6-7,10-14H2,1H3. The molecule has 1 aliphatic rings. The highest BCUT2D eigenvalue weighted by Gasteiger charge is 2.33. The lowest BCUT2D eigenvalue weighted by atomic mass is 9.80. The SMILES string of the molecule is CCCNCC1(Cc2ccccc2)CCCC1. The third kappa shape index (κ3) is 3.57. The molecular formula is C16H25N. The average molecular weight is 231 g/mol. The molecular weight excluding hydrogens is 206 g/mol. The van der Waals surface area contributed by atoms with E-state index in [1.165, 1.54) is 50.6 Å². The van der Waals surface area contributed by atoms with Gasteiger partial charge in [0.25, 0.3) is 0 Å². The quantitative estimate of drug-likeness (QED) is 0.735. The zero-order valence-electron chi connectivity index (χ0n) is 11.0. The van der Waals surface area contributed by atoms with Crippen LogP contribution in [0.15, 0.2) is 30.3 Å². The molecule has 94 valence electrons. The van der Waals surface area contributed by atoms with Crippen molar-refractivity contribution in [2.45, 2.75) is 45.4 Å². The Bertz CT molecular complexity index is 312. The molecule has 0 atom stereocenters. The molecule has 0 amide bonds. The molecule has 1 aromatic rings. The Kier molecular flexibility index (Phi) is 4.61. The lowest BCUT2D eigenvalue weighted by molar-refractivity contribution is 0.278. The van der Waals surface area contributed by atoms with E-state index in [2.05, 4.69) is 42.6 Å². The van der Waals surface area contributed by atoms with Crippen LogP contribution in [-0.2, 0) is 6.42 Å². The van der Waals surface area contributed by atoms with Crippen molar-refractivity contribution < 1.29 is 0 Å². The minimum atomic E-state index is 0.538. The number of benzene rings is 1. The van der Waals surface area contributed by atoms with Crippen LogP contribution in [0.3, 0.4) is 0 Å². The Morgan fingerprint density at radius 3 is 2.47 bits per heavy atom. The minimum absolute atomic E-state index is 0.538. The van der Waals surface area contributed by atoms with Gasteiger partial charge in [0.1, 0.15) is 0 Å². The largest absolute Gasteiger partial charge is 0.316 e. The molecule has 0 heterocycles. The summed E-state index contributed by atoms with van der Waals surface area (Å²) in [5, 5.41) is 3.64. The minimum Gasteiger partial charge on any atom is -0.316 e. The first-order valence-electron chi connectivity index (χ1n) is 7.09. The molecule has 1 N–H and O–H groups in total. The summed E-state index contributed by atoms with van der Waals surface area (Å²) in [6.07, 6.45) is 8.13. The van der Waals surface area contributed by atoms with Crippen molar-refractivity contribution in [1.29, 1.82) is 0 Å². The van der Waals surface area contributed by atoms with E-state index in [1.807, 2.05) is 0 Å². The van der Waals surface area contributed by atoms with E-state index in [0.717, 1.165) is 6.54 Å². The van der Waals surface area contributed by atoms with Crippen LogP contribution >= 0.6 is 0 Å². The predicted molar refractivity (Wildman–Crippen MR) is 74.2 cm³/mol. The van der Waals surface area contributed by atoms with Gasteiger partial charge in [0.05, 0.1) is 0 Å². The van der Waals surface area contributed by atoms with Gasteiger partial charge in [0, 0.05) is 6.54 Å². The molecule has 2 rings (SSSR count). The fourth-order valence-corrected chi connectivity index (χ4v) is 3.10. The first-order valence-corrected chi connectivity index (χ1v) is 7.09. The first kappa shape index (κ1) is 12.6. The van der Waals surface area contributed by atoms with Gasteiger partial charge in [-0.25, -0.2) is 0 Å². The summed E-state index contributed by atoms with van der Waals surface area (Å²) >= 11 is 0.